The van der Waals surface area contributed by atoms with Crippen LogP contribution in [0.5, 0.6) is 0 Å². The zero-order valence-electron chi connectivity index (χ0n) is 21.6. The van der Waals surface area contributed by atoms with Crippen LogP contribution in [0.25, 0.3) is 0 Å². The predicted molar refractivity (Wildman–Crippen MR) is 147 cm³/mol. The Labute approximate surface area is 208 Å². The van der Waals surface area contributed by atoms with Crippen LogP contribution in [-0.2, 0) is 4.79 Å². The molecule has 0 heterocycles. The number of aliphatic hydroxyl groups excluding tert-OH is 2. The highest BCUT2D eigenvalue weighted by Crippen LogP contribution is 2.04. The normalized spacial score (nSPS) is 14.6. The zero-order valence-corrected chi connectivity index (χ0v) is 21.6. The van der Waals surface area contributed by atoms with Gasteiger partial charge in [0.05, 0.1) is 18.8 Å². The van der Waals surface area contributed by atoms with E-state index in [1.807, 2.05) is 12.2 Å². The fourth-order valence-electron chi connectivity index (χ4n) is 3.14. The van der Waals surface area contributed by atoms with Crippen molar-refractivity contribution in [2.75, 3.05) is 6.61 Å². The Hall–Kier alpha value is -2.17. The fourth-order valence-corrected chi connectivity index (χ4v) is 3.14. The second-order valence-electron chi connectivity index (χ2n) is 8.36. The van der Waals surface area contributed by atoms with Gasteiger partial charge in [0, 0.05) is 6.42 Å². The average Bonchev–Trinajstić information content (AvgIpc) is 2.84. The van der Waals surface area contributed by atoms with Crippen LogP contribution in [-0.4, -0.2) is 34.9 Å². The monoisotopic (exact) mass is 471 g/mol. The van der Waals surface area contributed by atoms with Crippen molar-refractivity contribution in [3.8, 4) is 0 Å². The smallest absolute Gasteiger partial charge is 0.220 e. The summed E-state index contributed by atoms with van der Waals surface area (Å²) in [6, 6.07) is -0.675. The molecule has 2 unspecified atom stereocenters. The van der Waals surface area contributed by atoms with Gasteiger partial charge >= 0.3 is 0 Å². The number of allylic oxidation sites excluding steroid dienone is 11. The van der Waals surface area contributed by atoms with Gasteiger partial charge in [0.1, 0.15) is 0 Å². The van der Waals surface area contributed by atoms with Crippen LogP contribution in [0.2, 0.25) is 0 Å². The number of hydrogen-bond acceptors (Lipinski definition) is 3. The minimum atomic E-state index is -0.889. The van der Waals surface area contributed by atoms with Gasteiger partial charge in [0.25, 0.3) is 0 Å². The van der Waals surface area contributed by atoms with Crippen LogP contribution in [0.15, 0.2) is 72.9 Å². The molecule has 192 valence electrons. The maximum atomic E-state index is 12.1. The molecule has 4 nitrogen and oxygen atoms in total. The van der Waals surface area contributed by atoms with Crippen molar-refractivity contribution in [1.29, 1.82) is 0 Å². The zero-order chi connectivity index (χ0) is 25.1. The number of rotatable bonds is 21. The first-order chi connectivity index (χ1) is 16.7. The third kappa shape index (κ3) is 21.7. The van der Waals surface area contributed by atoms with Crippen molar-refractivity contribution in [3.05, 3.63) is 72.9 Å². The summed E-state index contributed by atoms with van der Waals surface area (Å²) in [7, 11) is 0. The van der Waals surface area contributed by atoms with Crippen LogP contribution in [0.4, 0.5) is 0 Å². The summed E-state index contributed by atoms with van der Waals surface area (Å²) in [5, 5.41) is 22.5. The lowest BCUT2D eigenvalue weighted by Gasteiger charge is -2.19. The first-order valence-corrected chi connectivity index (χ1v) is 13.2. The Balaban J connectivity index is 3.98. The molecule has 0 rings (SSSR count). The Bertz CT molecular complexity index is 643. The van der Waals surface area contributed by atoms with Crippen molar-refractivity contribution in [1.82, 2.24) is 5.32 Å². The van der Waals surface area contributed by atoms with E-state index in [0.29, 0.717) is 12.8 Å². The van der Waals surface area contributed by atoms with Gasteiger partial charge in [0.15, 0.2) is 0 Å². The highest BCUT2D eigenvalue weighted by Gasteiger charge is 2.17. The molecule has 34 heavy (non-hydrogen) atoms. The maximum absolute atomic E-state index is 12.1. The number of unbranched alkanes of at least 4 members (excludes halogenated alkanes) is 4. The summed E-state index contributed by atoms with van der Waals surface area (Å²) in [6.45, 7) is 4.04. The van der Waals surface area contributed by atoms with E-state index in [-0.39, 0.29) is 12.5 Å². The Morgan fingerprint density at radius 2 is 1.29 bits per heavy atom. The van der Waals surface area contributed by atoms with Gasteiger partial charge in [-0.25, -0.2) is 0 Å². The van der Waals surface area contributed by atoms with Crippen LogP contribution in [0, 0.1) is 0 Å². The third-order valence-electron chi connectivity index (χ3n) is 5.19. The van der Waals surface area contributed by atoms with Gasteiger partial charge in [-0.3, -0.25) is 4.79 Å². The van der Waals surface area contributed by atoms with Gasteiger partial charge in [-0.05, 0) is 57.8 Å². The Morgan fingerprint density at radius 3 is 1.91 bits per heavy atom. The van der Waals surface area contributed by atoms with Crippen molar-refractivity contribution in [3.63, 3.8) is 0 Å². The summed E-state index contributed by atoms with van der Waals surface area (Å²) in [6.07, 6.45) is 35.5. The molecule has 0 aliphatic carbocycles. The third-order valence-corrected chi connectivity index (χ3v) is 5.19. The number of nitrogens with one attached hydrogen (secondary N) is 1. The standard InChI is InChI=1S/C30H49NO3/c1-3-5-7-9-11-13-14-15-16-18-20-22-24-26-30(34)31-28(27-32)29(33)25-23-21-19-17-12-10-8-6-4-2/h5,7,11-13,15-17,20,22-23,25,28-29,32-33H,3-4,6,8-10,14,18-19,21,24,26-27H2,1-2H3,(H,31,34)/b7-5-,13-11-,16-15-,17-12+,22-20-,25-23+. The number of amides is 1. The Morgan fingerprint density at radius 1 is 0.735 bits per heavy atom. The molecule has 0 aromatic carbocycles. The van der Waals surface area contributed by atoms with Gasteiger partial charge in [-0.1, -0.05) is 99.6 Å². The molecule has 0 aliphatic heterocycles. The van der Waals surface area contributed by atoms with E-state index < -0.39 is 12.1 Å². The summed E-state index contributed by atoms with van der Waals surface area (Å²) in [5.41, 5.74) is 0. The number of hydrogen-bond donors (Lipinski definition) is 3. The van der Waals surface area contributed by atoms with E-state index in [9.17, 15) is 15.0 Å². The summed E-state index contributed by atoms with van der Waals surface area (Å²) in [4.78, 5) is 12.1. The van der Waals surface area contributed by atoms with Gasteiger partial charge < -0.3 is 15.5 Å². The van der Waals surface area contributed by atoms with E-state index in [1.54, 1.807) is 6.08 Å². The highest BCUT2D eigenvalue weighted by molar-refractivity contribution is 5.76. The second-order valence-corrected chi connectivity index (χ2v) is 8.36. The number of aliphatic hydroxyl groups is 2. The van der Waals surface area contributed by atoms with Crippen LogP contribution < -0.4 is 5.32 Å². The summed E-state index contributed by atoms with van der Waals surface area (Å²) < 4.78 is 0. The van der Waals surface area contributed by atoms with Crippen LogP contribution in [0.3, 0.4) is 0 Å². The summed E-state index contributed by atoms with van der Waals surface area (Å²) >= 11 is 0. The largest absolute Gasteiger partial charge is 0.394 e. The van der Waals surface area contributed by atoms with Crippen LogP contribution in [0.1, 0.15) is 90.9 Å². The van der Waals surface area contributed by atoms with E-state index in [4.69, 9.17) is 0 Å². The van der Waals surface area contributed by atoms with Gasteiger partial charge in [0.2, 0.25) is 5.91 Å². The molecule has 0 spiro atoms. The molecule has 0 saturated heterocycles. The maximum Gasteiger partial charge on any atom is 0.220 e. The minimum absolute atomic E-state index is 0.163. The molecule has 0 aromatic heterocycles. The summed E-state index contributed by atoms with van der Waals surface area (Å²) in [5.74, 6) is -0.163. The van der Waals surface area contributed by atoms with Crippen LogP contribution >= 0.6 is 0 Å². The molecule has 1 amide bonds. The van der Waals surface area contributed by atoms with E-state index >= 15 is 0 Å². The molecular formula is C30H49NO3. The quantitative estimate of drug-likeness (QED) is 0.126. The SMILES string of the molecule is CC/C=C\C/C=C\C/C=C\C/C=C\CCC(=O)NC(CO)C(O)/C=C/CC/C=C/CCCCC. The highest BCUT2D eigenvalue weighted by atomic mass is 16.3. The van der Waals surface area contributed by atoms with Gasteiger partial charge in [-0.15, -0.1) is 0 Å². The van der Waals surface area contributed by atoms with E-state index in [2.05, 4.69) is 73.8 Å². The molecular weight excluding hydrogens is 422 g/mol. The van der Waals surface area contributed by atoms with Crippen molar-refractivity contribution in [2.45, 2.75) is 103 Å². The molecule has 0 saturated carbocycles. The van der Waals surface area contributed by atoms with Crippen molar-refractivity contribution < 1.29 is 15.0 Å². The average molecular weight is 472 g/mol. The molecule has 0 aromatic rings. The molecule has 0 aliphatic rings. The molecule has 0 bridgehead atoms. The molecule has 0 fully saturated rings. The second kappa shape index (κ2) is 25.5. The van der Waals surface area contributed by atoms with Gasteiger partial charge in [-0.2, -0.15) is 0 Å². The fraction of sp³-hybridized carbons (Fsp3) is 0.567. The first kappa shape index (κ1) is 31.8. The molecule has 4 heteroatoms. The molecule has 3 N–H and O–H groups in total. The minimum Gasteiger partial charge on any atom is -0.394 e. The lowest BCUT2D eigenvalue weighted by molar-refractivity contribution is -0.122. The lowest BCUT2D eigenvalue weighted by Crippen LogP contribution is -2.45. The van der Waals surface area contributed by atoms with Crippen molar-refractivity contribution >= 4 is 5.91 Å². The lowest BCUT2D eigenvalue weighted by atomic mass is 10.1. The number of carbonyl (C=O) groups excluding carboxylic acids is 1. The Kier molecular flexibility index (Phi) is 23.8. The topological polar surface area (TPSA) is 69.6 Å². The predicted octanol–water partition coefficient (Wildman–Crippen LogP) is 6.88. The first-order valence-electron chi connectivity index (χ1n) is 13.2. The molecule has 2 atom stereocenters. The molecule has 0 radical (unpaired) electrons. The number of carbonyl (C=O) groups is 1. The van der Waals surface area contributed by atoms with E-state index in [1.165, 1.54) is 19.3 Å². The van der Waals surface area contributed by atoms with E-state index in [0.717, 1.165) is 44.9 Å². The van der Waals surface area contributed by atoms with Crippen molar-refractivity contribution in [2.24, 2.45) is 0 Å².